The summed E-state index contributed by atoms with van der Waals surface area (Å²) in [6.07, 6.45) is 0.690. The molecule has 1 amide bonds. The van der Waals surface area contributed by atoms with E-state index in [1.54, 1.807) is 0 Å². The Balaban J connectivity index is 1.71. The quantitative estimate of drug-likeness (QED) is 0.466. The van der Waals surface area contributed by atoms with Crippen LogP contribution in [0.4, 0.5) is 5.69 Å². The summed E-state index contributed by atoms with van der Waals surface area (Å²) in [5.41, 5.74) is 4.01. The van der Waals surface area contributed by atoms with E-state index in [4.69, 9.17) is 4.98 Å². The summed E-state index contributed by atoms with van der Waals surface area (Å²) in [6.45, 7) is 4.35. The van der Waals surface area contributed by atoms with Crippen LogP contribution in [-0.4, -0.2) is 21.5 Å². The minimum Gasteiger partial charge on any atom is -0.318 e. The first-order valence-corrected chi connectivity index (χ1v) is 9.98. The minimum absolute atomic E-state index is 0.0589. The molecule has 0 aliphatic heterocycles. The number of hydrogen-bond acceptors (Lipinski definition) is 2. The van der Waals surface area contributed by atoms with Crippen molar-refractivity contribution in [3.8, 4) is 0 Å². The number of anilines is 1. The summed E-state index contributed by atoms with van der Waals surface area (Å²) in [5.74, 6) is 0.964. The van der Waals surface area contributed by atoms with Crippen molar-refractivity contribution in [2.24, 2.45) is 0 Å². The largest absolute Gasteiger partial charge is 0.318 e. The molecule has 0 unspecified atom stereocenters. The molecule has 0 radical (unpaired) electrons. The topological polar surface area (TPSA) is 38.1 Å². The monoisotopic (exact) mass is 383 g/mol. The Bertz CT molecular complexity index is 1100. The molecule has 1 aromatic heterocycles. The summed E-state index contributed by atoms with van der Waals surface area (Å²) >= 11 is 0. The van der Waals surface area contributed by atoms with Gasteiger partial charge in [-0.3, -0.25) is 4.79 Å². The van der Waals surface area contributed by atoms with Crippen LogP contribution >= 0.6 is 0 Å². The summed E-state index contributed by atoms with van der Waals surface area (Å²) in [4.78, 5) is 20.1. The molecular formula is C25H25N3O. The van der Waals surface area contributed by atoms with Crippen LogP contribution in [0.3, 0.4) is 0 Å². The van der Waals surface area contributed by atoms with Crippen molar-refractivity contribution in [2.75, 3.05) is 4.90 Å². The maximum absolute atomic E-state index is 13.4. The molecule has 4 aromatic rings. The lowest BCUT2D eigenvalue weighted by Gasteiger charge is -2.27. The molecule has 0 saturated carbocycles. The zero-order chi connectivity index (χ0) is 20.2. The first-order valence-electron chi connectivity index (χ1n) is 9.98. The third-order valence-electron chi connectivity index (χ3n) is 5.05. The van der Waals surface area contributed by atoms with Gasteiger partial charge in [-0.1, -0.05) is 60.7 Å². The second kappa shape index (κ2) is 8.31. The fourth-order valence-corrected chi connectivity index (χ4v) is 3.75. The molecule has 4 rings (SSSR count). The normalized spacial score (nSPS) is 11.1. The molecule has 29 heavy (non-hydrogen) atoms. The molecule has 0 saturated heterocycles. The van der Waals surface area contributed by atoms with Crippen LogP contribution in [0.1, 0.15) is 25.2 Å². The second-order valence-electron chi connectivity index (χ2n) is 7.46. The number of hydrogen-bond donors (Lipinski definition) is 0. The standard InChI is InChI=1S/C25H25N3O/c1-19(2)28(21-13-7-4-8-14-21)25(29)18-27-23-16-10-9-15-22(23)26-24(27)17-20-11-5-3-6-12-20/h3-16,19H,17-18H2,1-2H3. The Hall–Kier alpha value is -3.40. The molecular weight excluding hydrogens is 358 g/mol. The molecule has 4 nitrogen and oxygen atoms in total. The Labute approximate surface area is 171 Å². The number of fused-ring (bicyclic) bond motifs is 1. The van der Waals surface area contributed by atoms with Gasteiger partial charge < -0.3 is 9.47 Å². The van der Waals surface area contributed by atoms with Gasteiger partial charge in [0.1, 0.15) is 12.4 Å². The summed E-state index contributed by atoms with van der Waals surface area (Å²) in [7, 11) is 0. The van der Waals surface area contributed by atoms with Crippen LogP contribution in [0.5, 0.6) is 0 Å². The van der Waals surface area contributed by atoms with Gasteiger partial charge in [-0.05, 0) is 43.7 Å². The van der Waals surface area contributed by atoms with Crippen molar-refractivity contribution < 1.29 is 4.79 Å². The van der Waals surface area contributed by atoms with Gasteiger partial charge in [0.15, 0.2) is 0 Å². The highest BCUT2D eigenvalue weighted by Gasteiger charge is 2.21. The number of carbonyl (C=O) groups excluding carboxylic acids is 1. The molecule has 146 valence electrons. The van der Waals surface area contributed by atoms with E-state index in [-0.39, 0.29) is 18.5 Å². The molecule has 0 spiro atoms. The summed E-state index contributed by atoms with van der Waals surface area (Å²) in [5, 5.41) is 0. The van der Waals surface area contributed by atoms with Crippen LogP contribution < -0.4 is 4.90 Å². The van der Waals surface area contributed by atoms with Crippen LogP contribution in [0.2, 0.25) is 0 Å². The number of imidazole rings is 1. The molecule has 0 atom stereocenters. The fourth-order valence-electron chi connectivity index (χ4n) is 3.75. The van der Waals surface area contributed by atoms with Crippen LogP contribution in [0, 0.1) is 0 Å². The molecule has 1 heterocycles. The average molecular weight is 383 g/mol. The van der Waals surface area contributed by atoms with E-state index in [9.17, 15) is 4.79 Å². The maximum Gasteiger partial charge on any atom is 0.247 e. The zero-order valence-corrected chi connectivity index (χ0v) is 16.8. The van der Waals surface area contributed by atoms with Crippen molar-refractivity contribution in [3.05, 3.63) is 96.3 Å². The van der Waals surface area contributed by atoms with Gasteiger partial charge in [-0.25, -0.2) is 4.98 Å². The Morgan fingerprint density at radius 3 is 2.21 bits per heavy atom. The van der Waals surface area contributed by atoms with E-state index < -0.39 is 0 Å². The summed E-state index contributed by atoms with van der Waals surface area (Å²) < 4.78 is 2.06. The van der Waals surface area contributed by atoms with Crippen LogP contribution in [0.15, 0.2) is 84.9 Å². The lowest BCUT2D eigenvalue weighted by atomic mass is 10.1. The van der Waals surface area contributed by atoms with E-state index in [0.29, 0.717) is 6.42 Å². The highest BCUT2D eigenvalue weighted by Crippen LogP contribution is 2.21. The highest BCUT2D eigenvalue weighted by atomic mass is 16.2. The molecule has 0 fully saturated rings. The number of carbonyl (C=O) groups is 1. The van der Waals surface area contributed by atoms with E-state index >= 15 is 0 Å². The Kier molecular flexibility index (Phi) is 5.43. The van der Waals surface area contributed by atoms with E-state index in [1.807, 2.05) is 91.5 Å². The number of amides is 1. The zero-order valence-electron chi connectivity index (χ0n) is 16.8. The van der Waals surface area contributed by atoms with Gasteiger partial charge in [-0.15, -0.1) is 0 Å². The van der Waals surface area contributed by atoms with Crippen LogP contribution in [-0.2, 0) is 17.8 Å². The van der Waals surface area contributed by atoms with Gasteiger partial charge >= 0.3 is 0 Å². The smallest absolute Gasteiger partial charge is 0.247 e. The van der Waals surface area contributed by atoms with E-state index in [1.165, 1.54) is 5.56 Å². The second-order valence-corrected chi connectivity index (χ2v) is 7.46. The molecule has 4 heteroatoms. The molecule has 0 aliphatic rings. The maximum atomic E-state index is 13.4. The lowest BCUT2D eigenvalue weighted by Crippen LogP contribution is -2.39. The molecule has 0 aliphatic carbocycles. The lowest BCUT2D eigenvalue weighted by molar-refractivity contribution is -0.119. The number of para-hydroxylation sites is 3. The summed E-state index contributed by atoms with van der Waals surface area (Å²) in [6, 6.07) is 28.2. The number of rotatable bonds is 6. The Morgan fingerprint density at radius 2 is 1.52 bits per heavy atom. The van der Waals surface area contributed by atoms with Crippen molar-refractivity contribution >= 4 is 22.6 Å². The third kappa shape index (κ3) is 4.06. The number of benzene rings is 3. The van der Waals surface area contributed by atoms with Crippen molar-refractivity contribution in [3.63, 3.8) is 0 Å². The molecule has 0 bridgehead atoms. The van der Waals surface area contributed by atoms with E-state index in [2.05, 4.69) is 16.7 Å². The van der Waals surface area contributed by atoms with Crippen molar-refractivity contribution in [2.45, 2.75) is 32.9 Å². The number of aromatic nitrogens is 2. The molecule has 3 aromatic carbocycles. The fraction of sp³-hybridized carbons (Fsp3) is 0.200. The number of nitrogens with zero attached hydrogens (tertiary/aromatic N) is 3. The third-order valence-corrected chi connectivity index (χ3v) is 5.05. The van der Waals surface area contributed by atoms with Gasteiger partial charge in [0.05, 0.1) is 11.0 Å². The SMILES string of the molecule is CC(C)N(C(=O)Cn1c(Cc2ccccc2)nc2ccccc21)c1ccccc1. The van der Waals surface area contributed by atoms with Crippen molar-refractivity contribution in [1.82, 2.24) is 9.55 Å². The Morgan fingerprint density at radius 1 is 0.897 bits per heavy atom. The predicted molar refractivity (Wildman–Crippen MR) is 118 cm³/mol. The highest BCUT2D eigenvalue weighted by molar-refractivity contribution is 5.94. The van der Waals surface area contributed by atoms with Crippen molar-refractivity contribution in [1.29, 1.82) is 0 Å². The first-order chi connectivity index (χ1) is 14.1. The predicted octanol–water partition coefficient (Wildman–Crippen LogP) is 5.07. The first kappa shape index (κ1) is 18.9. The van der Waals surface area contributed by atoms with Gasteiger partial charge in [0.2, 0.25) is 5.91 Å². The molecule has 0 N–H and O–H groups in total. The van der Waals surface area contributed by atoms with Crippen LogP contribution in [0.25, 0.3) is 11.0 Å². The van der Waals surface area contributed by atoms with E-state index in [0.717, 1.165) is 22.5 Å². The van der Waals surface area contributed by atoms with Gasteiger partial charge in [-0.2, -0.15) is 0 Å². The average Bonchev–Trinajstić information content (AvgIpc) is 3.06. The van der Waals surface area contributed by atoms with Gasteiger partial charge in [0, 0.05) is 18.2 Å². The minimum atomic E-state index is 0.0589. The van der Waals surface area contributed by atoms with Gasteiger partial charge in [0.25, 0.3) is 0 Å².